The zero-order valence-electron chi connectivity index (χ0n) is 10.2. The van der Waals surface area contributed by atoms with Crippen LogP contribution in [0, 0.1) is 18.8 Å². The Morgan fingerprint density at radius 2 is 2.25 bits per heavy atom. The Bertz CT molecular complexity index is 350. The molecule has 0 amide bonds. The molecule has 1 aliphatic heterocycles. The third kappa shape index (κ3) is 2.41. The van der Waals surface area contributed by atoms with Gasteiger partial charge in [-0.1, -0.05) is 19.0 Å². The quantitative estimate of drug-likeness (QED) is 0.822. The van der Waals surface area contributed by atoms with E-state index in [9.17, 15) is 0 Å². The van der Waals surface area contributed by atoms with Gasteiger partial charge in [0.25, 0.3) is 0 Å². The first-order valence-corrected chi connectivity index (χ1v) is 5.83. The first kappa shape index (κ1) is 11.5. The summed E-state index contributed by atoms with van der Waals surface area (Å²) in [5, 5.41) is 3.79. The van der Waals surface area contributed by atoms with E-state index in [-0.39, 0.29) is 6.04 Å². The molecule has 1 saturated heterocycles. The van der Waals surface area contributed by atoms with Crippen molar-refractivity contribution < 1.29 is 4.52 Å². The van der Waals surface area contributed by atoms with Gasteiger partial charge < -0.3 is 10.3 Å². The second kappa shape index (κ2) is 4.51. The first-order chi connectivity index (χ1) is 7.56. The molecular formula is C11H20N4O. The Labute approximate surface area is 96.0 Å². The third-order valence-electron chi connectivity index (χ3n) is 3.27. The molecule has 2 unspecified atom stereocenters. The predicted octanol–water partition coefficient (Wildman–Crippen LogP) is 0.793. The van der Waals surface area contributed by atoms with Crippen molar-refractivity contribution in [2.45, 2.75) is 33.4 Å². The van der Waals surface area contributed by atoms with Gasteiger partial charge in [0, 0.05) is 19.1 Å². The molecule has 5 heteroatoms. The fraction of sp³-hybridized carbons (Fsp3) is 0.818. The maximum absolute atomic E-state index is 6.12. The highest BCUT2D eigenvalue weighted by atomic mass is 16.5. The molecule has 0 spiro atoms. The minimum absolute atomic E-state index is 0.268. The van der Waals surface area contributed by atoms with Crippen LogP contribution in [0.25, 0.3) is 0 Å². The topological polar surface area (TPSA) is 68.2 Å². The van der Waals surface area contributed by atoms with Crippen molar-refractivity contribution in [1.82, 2.24) is 15.0 Å². The molecule has 1 aliphatic rings. The minimum Gasteiger partial charge on any atom is -0.338 e. The van der Waals surface area contributed by atoms with Crippen LogP contribution in [0.4, 0.5) is 0 Å². The van der Waals surface area contributed by atoms with Crippen LogP contribution < -0.4 is 5.73 Å². The number of likely N-dealkylation sites (tertiary alicyclic amines) is 1. The maximum Gasteiger partial charge on any atom is 0.240 e. The Kier molecular flexibility index (Phi) is 3.25. The Morgan fingerprint density at radius 3 is 2.75 bits per heavy atom. The van der Waals surface area contributed by atoms with E-state index in [2.05, 4.69) is 28.9 Å². The molecule has 0 radical (unpaired) electrons. The van der Waals surface area contributed by atoms with Gasteiger partial charge in [-0.05, 0) is 18.8 Å². The summed E-state index contributed by atoms with van der Waals surface area (Å²) in [4.78, 5) is 6.50. The standard InChI is InChI=1S/C11H20N4O/c1-7(2)9-4-15(5-10(9)12)6-11-13-8(3)14-16-11/h7,9-10H,4-6,12H2,1-3H3. The van der Waals surface area contributed by atoms with E-state index in [0.29, 0.717) is 23.6 Å². The van der Waals surface area contributed by atoms with Gasteiger partial charge in [0.2, 0.25) is 5.89 Å². The zero-order chi connectivity index (χ0) is 11.7. The summed E-state index contributed by atoms with van der Waals surface area (Å²) in [6, 6.07) is 0.268. The second-order valence-corrected chi connectivity index (χ2v) is 5.00. The van der Waals surface area contributed by atoms with Crippen molar-refractivity contribution in [3.63, 3.8) is 0 Å². The lowest BCUT2D eigenvalue weighted by atomic mass is 9.92. The van der Waals surface area contributed by atoms with Gasteiger partial charge in [-0.3, -0.25) is 4.90 Å². The minimum atomic E-state index is 0.268. The van der Waals surface area contributed by atoms with Gasteiger partial charge in [0.05, 0.1) is 6.54 Å². The lowest BCUT2D eigenvalue weighted by Crippen LogP contribution is -2.32. The third-order valence-corrected chi connectivity index (χ3v) is 3.27. The van der Waals surface area contributed by atoms with Crippen LogP contribution in [0.2, 0.25) is 0 Å². The van der Waals surface area contributed by atoms with E-state index in [0.717, 1.165) is 19.6 Å². The molecule has 2 atom stereocenters. The zero-order valence-corrected chi connectivity index (χ0v) is 10.2. The maximum atomic E-state index is 6.12. The molecule has 2 heterocycles. The van der Waals surface area contributed by atoms with Crippen LogP contribution in [-0.2, 0) is 6.54 Å². The number of hydrogen-bond acceptors (Lipinski definition) is 5. The van der Waals surface area contributed by atoms with Crippen LogP contribution in [-0.4, -0.2) is 34.2 Å². The molecule has 16 heavy (non-hydrogen) atoms. The van der Waals surface area contributed by atoms with E-state index in [1.54, 1.807) is 0 Å². The molecule has 90 valence electrons. The van der Waals surface area contributed by atoms with Crippen molar-refractivity contribution >= 4 is 0 Å². The Hall–Kier alpha value is -0.940. The van der Waals surface area contributed by atoms with Gasteiger partial charge in [0.15, 0.2) is 5.82 Å². The van der Waals surface area contributed by atoms with Crippen LogP contribution in [0.5, 0.6) is 0 Å². The number of nitrogens with zero attached hydrogens (tertiary/aromatic N) is 3. The van der Waals surface area contributed by atoms with E-state index in [1.165, 1.54) is 0 Å². The Morgan fingerprint density at radius 1 is 1.50 bits per heavy atom. The van der Waals surface area contributed by atoms with Gasteiger partial charge in [0.1, 0.15) is 0 Å². The highest BCUT2D eigenvalue weighted by Crippen LogP contribution is 2.23. The van der Waals surface area contributed by atoms with Crippen LogP contribution in [0.15, 0.2) is 4.52 Å². The largest absolute Gasteiger partial charge is 0.338 e. The monoisotopic (exact) mass is 224 g/mol. The summed E-state index contributed by atoms with van der Waals surface area (Å²) in [6.07, 6.45) is 0. The summed E-state index contributed by atoms with van der Waals surface area (Å²) in [5.74, 6) is 2.58. The number of aryl methyl sites for hydroxylation is 1. The molecule has 2 rings (SSSR count). The Balaban J connectivity index is 1.93. The summed E-state index contributed by atoms with van der Waals surface area (Å²) in [7, 11) is 0. The molecular weight excluding hydrogens is 204 g/mol. The molecule has 0 aromatic carbocycles. The summed E-state index contributed by atoms with van der Waals surface area (Å²) in [6.45, 7) is 8.96. The highest BCUT2D eigenvalue weighted by molar-refractivity contribution is 4.91. The fourth-order valence-electron chi connectivity index (χ4n) is 2.37. The summed E-state index contributed by atoms with van der Waals surface area (Å²) in [5.41, 5.74) is 6.12. The number of rotatable bonds is 3. The van der Waals surface area contributed by atoms with Crippen LogP contribution >= 0.6 is 0 Å². The first-order valence-electron chi connectivity index (χ1n) is 5.83. The van der Waals surface area contributed by atoms with E-state index in [4.69, 9.17) is 10.3 Å². The smallest absolute Gasteiger partial charge is 0.240 e. The molecule has 0 bridgehead atoms. The normalized spacial score (nSPS) is 26.8. The van der Waals surface area contributed by atoms with Crippen LogP contribution in [0.1, 0.15) is 25.6 Å². The summed E-state index contributed by atoms with van der Waals surface area (Å²) < 4.78 is 5.11. The molecule has 5 nitrogen and oxygen atoms in total. The molecule has 0 aliphatic carbocycles. The average Bonchev–Trinajstić information content (AvgIpc) is 2.73. The highest BCUT2D eigenvalue weighted by Gasteiger charge is 2.32. The molecule has 2 N–H and O–H groups in total. The van der Waals surface area contributed by atoms with Crippen LogP contribution in [0.3, 0.4) is 0 Å². The van der Waals surface area contributed by atoms with E-state index in [1.807, 2.05) is 6.92 Å². The number of aromatic nitrogens is 2. The molecule has 0 saturated carbocycles. The van der Waals surface area contributed by atoms with Gasteiger partial charge in [-0.15, -0.1) is 0 Å². The van der Waals surface area contributed by atoms with Gasteiger partial charge >= 0.3 is 0 Å². The summed E-state index contributed by atoms with van der Waals surface area (Å²) >= 11 is 0. The van der Waals surface area contributed by atoms with Crippen molar-refractivity contribution in [2.24, 2.45) is 17.6 Å². The lowest BCUT2D eigenvalue weighted by molar-refractivity contribution is 0.251. The van der Waals surface area contributed by atoms with Crippen molar-refractivity contribution in [2.75, 3.05) is 13.1 Å². The number of hydrogen-bond donors (Lipinski definition) is 1. The molecule has 1 aromatic heterocycles. The molecule has 1 fully saturated rings. The predicted molar refractivity (Wildman–Crippen MR) is 60.6 cm³/mol. The van der Waals surface area contributed by atoms with Gasteiger partial charge in [-0.25, -0.2) is 0 Å². The lowest BCUT2D eigenvalue weighted by Gasteiger charge is -2.18. The number of nitrogens with two attached hydrogens (primary N) is 1. The van der Waals surface area contributed by atoms with Gasteiger partial charge in [-0.2, -0.15) is 4.98 Å². The van der Waals surface area contributed by atoms with Crippen molar-refractivity contribution in [1.29, 1.82) is 0 Å². The van der Waals surface area contributed by atoms with Crippen molar-refractivity contribution in [3.05, 3.63) is 11.7 Å². The van der Waals surface area contributed by atoms with E-state index >= 15 is 0 Å². The van der Waals surface area contributed by atoms with E-state index < -0.39 is 0 Å². The molecule has 1 aromatic rings. The fourth-order valence-corrected chi connectivity index (χ4v) is 2.37. The average molecular weight is 224 g/mol. The second-order valence-electron chi connectivity index (χ2n) is 5.00. The SMILES string of the molecule is Cc1noc(CN2CC(N)C(C(C)C)C2)n1. The van der Waals surface area contributed by atoms with Crippen molar-refractivity contribution in [3.8, 4) is 0 Å².